The van der Waals surface area contributed by atoms with Gasteiger partial charge in [0.25, 0.3) is 0 Å². The van der Waals surface area contributed by atoms with E-state index >= 15 is 0 Å². The molecule has 0 atom stereocenters. The first kappa shape index (κ1) is 15.8. The summed E-state index contributed by atoms with van der Waals surface area (Å²) in [6, 6.07) is 10.7. The van der Waals surface area contributed by atoms with Crippen LogP contribution >= 0.6 is 34.8 Å². The predicted molar refractivity (Wildman–Crippen MR) is 82.5 cm³/mol. The summed E-state index contributed by atoms with van der Waals surface area (Å²) in [7, 11) is 0. The number of Topliss-reactive ketones (excluding diaryl/α,β-unsaturated/α-hetero) is 1. The van der Waals surface area contributed by atoms with E-state index < -0.39 is 5.97 Å². The van der Waals surface area contributed by atoms with Gasteiger partial charge in [0.15, 0.2) is 12.4 Å². The molecule has 0 aliphatic carbocycles. The van der Waals surface area contributed by atoms with Crippen molar-refractivity contribution in [3.8, 4) is 0 Å². The highest BCUT2D eigenvalue weighted by Gasteiger charge is 2.14. The number of ketones is 1. The highest BCUT2D eigenvalue weighted by Crippen LogP contribution is 2.21. The van der Waals surface area contributed by atoms with E-state index in [1.54, 1.807) is 24.3 Å². The molecule has 2 aromatic rings. The van der Waals surface area contributed by atoms with Crippen LogP contribution in [0, 0.1) is 0 Å². The van der Waals surface area contributed by atoms with Crippen LogP contribution in [-0.2, 0) is 4.74 Å². The van der Waals surface area contributed by atoms with Crippen LogP contribution in [0.3, 0.4) is 0 Å². The first-order valence-corrected chi connectivity index (χ1v) is 7.01. The fraction of sp³-hybridized carbons (Fsp3) is 0.0667. The van der Waals surface area contributed by atoms with Crippen LogP contribution in [0.15, 0.2) is 42.5 Å². The third kappa shape index (κ3) is 4.21. The molecule has 2 rings (SSSR count). The molecule has 0 spiro atoms. The lowest BCUT2D eigenvalue weighted by atomic mass is 10.1. The van der Waals surface area contributed by atoms with E-state index in [1.807, 2.05) is 0 Å². The molecule has 0 aliphatic rings. The summed E-state index contributed by atoms with van der Waals surface area (Å²) in [5.74, 6) is -1.01. The summed E-state index contributed by atoms with van der Waals surface area (Å²) in [5.41, 5.74) is 0.569. The molecule has 0 saturated carbocycles. The molecule has 21 heavy (non-hydrogen) atoms. The average Bonchev–Trinajstić information content (AvgIpc) is 2.45. The molecular weight excluding hydrogens is 335 g/mol. The summed E-state index contributed by atoms with van der Waals surface area (Å²) in [6.45, 7) is -0.376. The Kier molecular flexibility index (Phi) is 5.23. The quantitative estimate of drug-likeness (QED) is 0.597. The van der Waals surface area contributed by atoms with Gasteiger partial charge in [-0.15, -0.1) is 0 Å². The monoisotopic (exact) mass is 342 g/mol. The van der Waals surface area contributed by atoms with Crippen LogP contribution in [0.2, 0.25) is 15.1 Å². The van der Waals surface area contributed by atoms with Gasteiger partial charge < -0.3 is 4.74 Å². The number of benzene rings is 2. The van der Waals surface area contributed by atoms with Gasteiger partial charge in [-0.3, -0.25) is 4.79 Å². The third-order valence-corrected chi connectivity index (χ3v) is 3.45. The number of carbonyl (C=O) groups is 2. The van der Waals surface area contributed by atoms with Gasteiger partial charge in [-0.2, -0.15) is 0 Å². The molecule has 0 N–H and O–H groups in total. The number of carbonyl (C=O) groups excluding carboxylic acids is 2. The lowest BCUT2D eigenvalue weighted by Crippen LogP contribution is -2.14. The molecule has 0 amide bonds. The van der Waals surface area contributed by atoms with E-state index in [2.05, 4.69) is 0 Å². The van der Waals surface area contributed by atoms with Gasteiger partial charge >= 0.3 is 5.97 Å². The molecule has 0 unspecified atom stereocenters. The Morgan fingerprint density at radius 2 is 1.52 bits per heavy atom. The van der Waals surface area contributed by atoms with Crippen molar-refractivity contribution in [2.75, 3.05) is 6.61 Å². The van der Waals surface area contributed by atoms with Crippen LogP contribution in [0.4, 0.5) is 0 Å². The number of esters is 1. The van der Waals surface area contributed by atoms with Crippen molar-refractivity contribution in [1.29, 1.82) is 0 Å². The average molecular weight is 344 g/mol. The van der Waals surface area contributed by atoms with Gasteiger partial charge in [0.1, 0.15) is 0 Å². The Labute approximate surface area is 136 Å². The van der Waals surface area contributed by atoms with Gasteiger partial charge in [0.2, 0.25) is 0 Å². The van der Waals surface area contributed by atoms with E-state index in [0.29, 0.717) is 15.6 Å². The van der Waals surface area contributed by atoms with E-state index in [4.69, 9.17) is 39.5 Å². The molecule has 0 saturated heterocycles. The number of hydrogen-bond donors (Lipinski definition) is 0. The third-order valence-electron chi connectivity index (χ3n) is 2.65. The summed E-state index contributed by atoms with van der Waals surface area (Å²) in [5, 5.41) is 1.11. The molecule has 2 aromatic carbocycles. The largest absolute Gasteiger partial charge is 0.454 e. The second kappa shape index (κ2) is 6.94. The molecule has 108 valence electrons. The lowest BCUT2D eigenvalue weighted by Gasteiger charge is -2.06. The standard InChI is InChI=1S/C15H9Cl3O3/c16-10-3-1-9(2-4-10)14(19)8-21-15(20)12-6-5-11(17)7-13(12)18/h1-7H,8H2. The lowest BCUT2D eigenvalue weighted by molar-refractivity contribution is 0.0475. The summed E-state index contributed by atoms with van der Waals surface area (Å²) < 4.78 is 4.95. The topological polar surface area (TPSA) is 43.4 Å². The van der Waals surface area contributed by atoms with Crippen molar-refractivity contribution in [3.05, 3.63) is 68.7 Å². The fourth-order valence-corrected chi connectivity index (χ4v) is 2.19. The fourth-order valence-electron chi connectivity index (χ4n) is 1.58. The van der Waals surface area contributed by atoms with Crippen molar-refractivity contribution < 1.29 is 14.3 Å². The summed E-state index contributed by atoms with van der Waals surface area (Å²) in [6.07, 6.45) is 0. The number of halogens is 3. The van der Waals surface area contributed by atoms with Crippen LogP contribution < -0.4 is 0 Å². The highest BCUT2D eigenvalue weighted by molar-refractivity contribution is 6.36. The molecule has 3 nitrogen and oxygen atoms in total. The SMILES string of the molecule is O=C(COC(=O)c1ccc(Cl)cc1Cl)c1ccc(Cl)cc1. The van der Waals surface area contributed by atoms with E-state index in [9.17, 15) is 9.59 Å². The Bertz CT molecular complexity index is 681. The first-order chi connectivity index (χ1) is 9.97. The second-order valence-corrected chi connectivity index (χ2v) is 5.41. The van der Waals surface area contributed by atoms with Crippen molar-refractivity contribution >= 4 is 46.6 Å². The van der Waals surface area contributed by atoms with E-state index in [-0.39, 0.29) is 23.0 Å². The number of ether oxygens (including phenoxy) is 1. The molecule has 0 aromatic heterocycles. The second-order valence-electron chi connectivity index (χ2n) is 4.13. The van der Waals surface area contributed by atoms with E-state index in [1.165, 1.54) is 18.2 Å². The number of hydrogen-bond acceptors (Lipinski definition) is 3. The molecule has 6 heteroatoms. The summed E-state index contributed by atoms with van der Waals surface area (Å²) in [4.78, 5) is 23.7. The van der Waals surface area contributed by atoms with E-state index in [0.717, 1.165) is 0 Å². The van der Waals surface area contributed by atoms with Crippen LogP contribution in [0.1, 0.15) is 20.7 Å². The van der Waals surface area contributed by atoms with Gasteiger partial charge in [0, 0.05) is 15.6 Å². The molecule has 0 aliphatic heterocycles. The zero-order valence-electron chi connectivity index (χ0n) is 10.6. The van der Waals surface area contributed by atoms with Crippen LogP contribution in [0.5, 0.6) is 0 Å². The van der Waals surface area contributed by atoms with Crippen molar-refractivity contribution in [1.82, 2.24) is 0 Å². The van der Waals surface area contributed by atoms with Gasteiger partial charge in [-0.1, -0.05) is 34.8 Å². The van der Waals surface area contributed by atoms with Gasteiger partial charge in [0.05, 0.1) is 10.6 Å². The van der Waals surface area contributed by atoms with Crippen molar-refractivity contribution in [2.24, 2.45) is 0 Å². The normalized spacial score (nSPS) is 10.2. The minimum absolute atomic E-state index is 0.157. The maximum Gasteiger partial charge on any atom is 0.340 e. The Balaban J connectivity index is 2.00. The van der Waals surface area contributed by atoms with Crippen molar-refractivity contribution in [3.63, 3.8) is 0 Å². The maximum atomic E-state index is 11.9. The molecule has 0 radical (unpaired) electrons. The zero-order valence-corrected chi connectivity index (χ0v) is 12.9. The maximum absolute atomic E-state index is 11.9. The van der Waals surface area contributed by atoms with Gasteiger partial charge in [-0.05, 0) is 42.5 Å². The molecule has 0 fully saturated rings. The highest BCUT2D eigenvalue weighted by atomic mass is 35.5. The van der Waals surface area contributed by atoms with Crippen LogP contribution in [0.25, 0.3) is 0 Å². The first-order valence-electron chi connectivity index (χ1n) is 5.88. The number of rotatable bonds is 4. The molecule has 0 heterocycles. The molecule has 0 bridgehead atoms. The van der Waals surface area contributed by atoms with Crippen molar-refractivity contribution in [2.45, 2.75) is 0 Å². The minimum Gasteiger partial charge on any atom is -0.454 e. The smallest absolute Gasteiger partial charge is 0.340 e. The Hall–Kier alpha value is -1.55. The minimum atomic E-state index is -0.681. The predicted octanol–water partition coefficient (Wildman–Crippen LogP) is 4.69. The Morgan fingerprint density at radius 3 is 2.14 bits per heavy atom. The Morgan fingerprint density at radius 1 is 0.905 bits per heavy atom. The zero-order chi connectivity index (χ0) is 15.4. The van der Waals surface area contributed by atoms with Crippen LogP contribution in [-0.4, -0.2) is 18.4 Å². The van der Waals surface area contributed by atoms with Gasteiger partial charge in [-0.25, -0.2) is 4.79 Å². The molecular formula is C15H9Cl3O3. The summed E-state index contributed by atoms with van der Waals surface area (Å²) >= 11 is 17.4.